The molecule has 2 saturated heterocycles. The van der Waals surface area contributed by atoms with Crippen LogP contribution in [0.15, 0.2) is 54.6 Å². The molecule has 0 amide bonds. The molecule has 0 aromatic heterocycles. The number of Topliss-reactive ketones (excluding diaryl/α,β-unsaturated/α-hetero) is 1. The second kappa shape index (κ2) is 7.11. The molecule has 0 radical (unpaired) electrons. The summed E-state index contributed by atoms with van der Waals surface area (Å²) in [4.78, 5) is 15.2. The highest BCUT2D eigenvalue weighted by Gasteiger charge is 2.39. The Bertz CT molecular complexity index is 711. The molecular weight excluding hydrogens is 310 g/mol. The van der Waals surface area contributed by atoms with E-state index in [4.69, 9.17) is 4.74 Å². The summed E-state index contributed by atoms with van der Waals surface area (Å²) in [6.07, 6.45) is 2.42. The van der Waals surface area contributed by atoms with Crippen molar-refractivity contribution in [3.8, 4) is 11.1 Å². The molecule has 2 heterocycles. The fraction of sp³-hybridized carbons (Fsp3) is 0.409. The molecule has 2 aliphatic rings. The van der Waals surface area contributed by atoms with E-state index in [2.05, 4.69) is 48.3 Å². The van der Waals surface area contributed by atoms with Crippen LogP contribution in [0.2, 0.25) is 0 Å². The van der Waals surface area contributed by atoms with Crippen LogP contribution in [0.25, 0.3) is 11.1 Å². The molecule has 130 valence electrons. The molecule has 2 atom stereocenters. The van der Waals surface area contributed by atoms with E-state index >= 15 is 0 Å². The number of fused-ring (bicyclic) bond motifs is 2. The van der Waals surface area contributed by atoms with Crippen LogP contribution >= 0.6 is 0 Å². The zero-order valence-corrected chi connectivity index (χ0v) is 14.7. The third-order valence-electron chi connectivity index (χ3n) is 5.78. The largest absolute Gasteiger partial charge is 0.378 e. The summed E-state index contributed by atoms with van der Waals surface area (Å²) in [5.74, 6) is 0.571. The van der Waals surface area contributed by atoms with E-state index in [-0.39, 0.29) is 5.92 Å². The molecule has 2 aromatic carbocycles. The quantitative estimate of drug-likeness (QED) is 0.855. The maximum Gasteiger partial charge on any atom is 0.140 e. The molecule has 0 aliphatic carbocycles. The first-order valence-electron chi connectivity index (χ1n) is 9.17. The average molecular weight is 335 g/mol. The van der Waals surface area contributed by atoms with Crippen LogP contribution in [-0.2, 0) is 16.0 Å². The number of benzene rings is 2. The Hall–Kier alpha value is -1.97. The minimum atomic E-state index is 0.184. The molecule has 2 bridgehead atoms. The second-order valence-corrected chi connectivity index (χ2v) is 7.38. The number of carbonyl (C=O) groups excluding carboxylic acids is 1. The summed E-state index contributed by atoms with van der Waals surface area (Å²) in [6, 6.07) is 19.6. The van der Waals surface area contributed by atoms with Crippen molar-refractivity contribution in [3.05, 3.63) is 60.2 Å². The van der Waals surface area contributed by atoms with E-state index in [1.807, 2.05) is 18.2 Å². The number of ether oxygens (including phenoxy) is 1. The Labute approximate surface area is 149 Å². The van der Waals surface area contributed by atoms with Gasteiger partial charge < -0.3 is 4.74 Å². The third-order valence-corrected chi connectivity index (χ3v) is 5.78. The normalized spacial score (nSPS) is 26.4. The zero-order chi connectivity index (χ0) is 17.2. The lowest BCUT2D eigenvalue weighted by molar-refractivity contribution is -0.130. The lowest BCUT2D eigenvalue weighted by Crippen LogP contribution is -2.55. The van der Waals surface area contributed by atoms with Crippen molar-refractivity contribution in [2.45, 2.75) is 31.3 Å². The highest BCUT2D eigenvalue weighted by molar-refractivity contribution is 5.83. The number of ketones is 1. The predicted molar refractivity (Wildman–Crippen MR) is 99.5 cm³/mol. The van der Waals surface area contributed by atoms with Crippen molar-refractivity contribution in [2.24, 2.45) is 5.92 Å². The topological polar surface area (TPSA) is 29.5 Å². The van der Waals surface area contributed by atoms with Crippen molar-refractivity contribution in [1.82, 2.24) is 4.90 Å². The zero-order valence-electron chi connectivity index (χ0n) is 14.7. The molecular formula is C22H25NO2. The fourth-order valence-corrected chi connectivity index (χ4v) is 4.15. The van der Waals surface area contributed by atoms with Gasteiger partial charge in [0.2, 0.25) is 0 Å². The maximum atomic E-state index is 12.8. The first-order valence-corrected chi connectivity index (χ1v) is 9.17. The molecule has 2 aromatic rings. The van der Waals surface area contributed by atoms with E-state index in [0.29, 0.717) is 24.3 Å². The van der Waals surface area contributed by atoms with E-state index in [1.54, 1.807) is 0 Å². The summed E-state index contributed by atoms with van der Waals surface area (Å²) in [6.45, 7) is 1.53. The van der Waals surface area contributed by atoms with Crippen molar-refractivity contribution >= 4 is 5.78 Å². The Morgan fingerprint density at radius 2 is 1.56 bits per heavy atom. The molecule has 3 heteroatoms. The lowest BCUT2D eigenvalue weighted by Gasteiger charge is -2.46. The van der Waals surface area contributed by atoms with Gasteiger partial charge in [0.15, 0.2) is 0 Å². The van der Waals surface area contributed by atoms with Gasteiger partial charge in [0.1, 0.15) is 5.78 Å². The third kappa shape index (κ3) is 3.53. The second-order valence-electron chi connectivity index (χ2n) is 7.38. The Kier molecular flexibility index (Phi) is 4.69. The SMILES string of the molecule is CN1C2COCC1CC(C(=O)Cc1ccc(-c3ccccc3)cc1)C2. The van der Waals surface area contributed by atoms with Crippen molar-refractivity contribution in [2.75, 3.05) is 20.3 Å². The number of hydrogen-bond acceptors (Lipinski definition) is 3. The van der Waals surface area contributed by atoms with Gasteiger partial charge in [0, 0.05) is 24.4 Å². The van der Waals surface area contributed by atoms with Crippen LogP contribution in [0.5, 0.6) is 0 Å². The molecule has 2 fully saturated rings. The molecule has 2 unspecified atom stereocenters. The molecule has 4 rings (SSSR count). The van der Waals surface area contributed by atoms with Gasteiger partial charge in [0.05, 0.1) is 13.2 Å². The van der Waals surface area contributed by atoms with Gasteiger partial charge in [-0.2, -0.15) is 0 Å². The molecule has 25 heavy (non-hydrogen) atoms. The molecule has 3 nitrogen and oxygen atoms in total. The number of hydrogen-bond donors (Lipinski definition) is 0. The molecule has 0 saturated carbocycles. The van der Waals surface area contributed by atoms with Crippen LogP contribution in [-0.4, -0.2) is 43.0 Å². The number of likely N-dealkylation sites (N-methyl/N-ethyl adjacent to an activating group) is 1. The average Bonchev–Trinajstić information content (AvgIpc) is 2.63. The fourth-order valence-electron chi connectivity index (χ4n) is 4.15. The minimum Gasteiger partial charge on any atom is -0.378 e. The Balaban J connectivity index is 1.41. The van der Waals surface area contributed by atoms with Gasteiger partial charge in [-0.15, -0.1) is 0 Å². The number of rotatable bonds is 4. The highest BCUT2D eigenvalue weighted by Crippen LogP contribution is 2.31. The van der Waals surface area contributed by atoms with Crippen LogP contribution < -0.4 is 0 Å². The van der Waals surface area contributed by atoms with E-state index < -0.39 is 0 Å². The molecule has 0 spiro atoms. The van der Waals surface area contributed by atoms with E-state index in [1.165, 1.54) is 11.1 Å². The summed E-state index contributed by atoms with van der Waals surface area (Å²) in [7, 11) is 2.17. The smallest absolute Gasteiger partial charge is 0.140 e. The molecule has 2 aliphatic heterocycles. The van der Waals surface area contributed by atoms with E-state index in [0.717, 1.165) is 31.6 Å². The van der Waals surface area contributed by atoms with Gasteiger partial charge in [0.25, 0.3) is 0 Å². The van der Waals surface area contributed by atoms with Crippen LogP contribution in [0, 0.1) is 5.92 Å². The Morgan fingerprint density at radius 1 is 0.960 bits per heavy atom. The van der Waals surface area contributed by atoms with Crippen molar-refractivity contribution < 1.29 is 9.53 Å². The highest BCUT2D eigenvalue weighted by atomic mass is 16.5. The predicted octanol–water partition coefficient (Wildman–Crippen LogP) is 3.57. The summed E-state index contributed by atoms with van der Waals surface area (Å²) in [5.41, 5.74) is 3.52. The van der Waals surface area contributed by atoms with Crippen LogP contribution in [0.1, 0.15) is 18.4 Å². The van der Waals surface area contributed by atoms with Crippen LogP contribution in [0.3, 0.4) is 0 Å². The van der Waals surface area contributed by atoms with Crippen LogP contribution in [0.4, 0.5) is 0 Å². The minimum absolute atomic E-state index is 0.184. The number of piperidine rings is 1. The maximum absolute atomic E-state index is 12.8. The van der Waals surface area contributed by atoms with Gasteiger partial charge in [-0.05, 0) is 36.6 Å². The van der Waals surface area contributed by atoms with Crippen molar-refractivity contribution in [1.29, 1.82) is 0 Å². The number of morpholine rings is 1. The van der Waals surface area contributed by atoms with Gasteiger partial charge in [-0.3, -0.25) is 9.69 Å². The van der Waals surface area contributed by atoms with Crippen molar-refractivity contribution in [3.63, 3.8) is 0 Å². The van der Waals surface area contributed by atoms with Gasteiger partial charge in [-0.25, -0.2) is 0 Å². The summed E-state index contributed by atoms with van der Waals surface area (Å²) < 4.78 is 5.66. The first-order chi connectivity index (χ1) is 12.2. The first kappa shape index (κ1) is 16.5. The number of carbonyl (C=O) groups is 1. The monoisotopic (exact) mass is 335 g/mol. The summed E-state index contributed by atoms with van der Waals surface area (Å²) in [5, 5.41) is 0. The summed E-state index contributed by atoms with van der Waals surface area (Å²) >= 11 is 0. The Morgan fingerprint density at radius 3 is 2.20 bits per heavy atom. The molecule has 0 N–H and O–H groups in total. The van der Waals surface area contributed by atoms with E-state index in [9.17, 15) is 4.79 Å². The lowest BCUT2D eigenvalue weighted by atomic mass is 9.81. The van der Waals surface area contributed by atoms with Gasteiger partial charge >= 0.3 is 0 Å². The standard InChI is InChI=1S/C22H25NO2/c1-23-20-12-19(13-21(23)15-25-14-20)22(24)11-16-7-9-18(10-8-16)17-5-3-2-4-6-17/h2-10,19-21H,11-15H2,1H3. The number of nitrogens with zero attached hydrogens (tertiary/aromatic N) is 1. The van der Waals surface area contributed by atoms with Gasteiger partial charge in [-0.1, -0.05) is 54.6 Å².